The quantitative estimate of drug-likeness (QED) is 0.416. The van der Waals surface area contributed by atoms with Crippen molar-refractivity contribution in [2.24, 2.45) is 0 Å². The number of ether oxygens (including phenoxy) is 1. The van der Waals surface area contributed by atoms with Gasteiger partial charge < -0.3 is 14.5 Å². The van der Waals surface area contributed by atoms with Crippen molar-refractivity contribution in [3.05, 3.63) is 71.5 Å². The molecule has 3 aromatic rings. The molecule has 1 saturated heterocycles. The second-order valence-electron chi connectivity index (χ2n) is 7.17. The Labute approximate surface area is 199 Å². The van der Waals surface area contributed by atoms with Crippen LogP contribution in [0.15, 0.2) is 59.0 Å². The molecular weight excluding hydrogens is 462 g/mol. The lowest BCUT2D eigenvalue weighted by Crippen LogP contribution is -2.41. The third-order valence-corrected chi connectivity index (χ3v) is 7.48. The highest BCUT2D eigenvalue weighted by Crippen LogP contribution is 2.34. The second-order valence-corrected chi connectivity index (χ2v) is 9.77. The van der Waals surface area contributed by atoms with E-state index in [-0.39, 0.29) is 17.0 Å². The van der Waals surface area contributed by atoms with Gasteiger partial charge >= 0.3 is 12.0 Å². The molecule has 172 valence electrons. The van der Waals surface area contributed by atoms with Gasteiger partial charge in [0.2, 0.25) is 5.76 Å². The Hall–Kier alpha value is -2.95. The van der Waals surface area contributed by atoms with Gasteiger partial charge in [-0.15, -0.1) is 23.5 Å². The molecular formula is C23H23N3O5S2. The monoisotopic (exact) mass is 485 g/mol. The Bertz CT molecular complexity index is 1130. The number of urea groups is 1. The Morgan fingerprint density at radius 3 is 2.70 bits per heavy atom. The maximum atomic E-state index is 12.7. The van der Waals surface area contributed by atoms with Crippen LogP contribution in [-0.2, 0) is 21.8 Å². The molecule has 4 rings (SSSR count). The van der Waals surface area contributed by atoms with E-state index in [9.17, 15) is 14.4 Å². The molecule has 0 spiro atoms. The minimum atomic E-state index is -0.742. The number of nitrogens with one attached hydrogen (secondary N) is 3. The zero-order chi connectivity index (χ0) is 23.0. The summed E-state index contributed by atoms with van der Waals surface area (Å²) >= 11 is 3.50. The summed E-state index contributed by atoms with van der Waals surface area (Å²) in [4.78, 5) is 36.7. The number of carbonyl (C=O) groups excluding carboxylic acids is 3. The number of carbonyl (C=O) groups is 3. The zero-order valence-corrected chi connectivity index (χ0v) is 19.3. The smallest absolute Gasteiger partial charge is 0.375 e. The molecule has 0 bridgehead atoms. The Kier molecular flexibility index (Phi) is 7.92. The Morgan fingerprint density at radius 1 is 1.12 bits per heavy atom. The minimum absolute atomic E-state index is 0.0769. The van der Waals surface area contributed by atoms with Crippen LogP contribution < -0.4 is 16.0 Å². The van der Waals surface area contributed by atoms with Crippen molar-refractivity contribution >= 4 is 52.4 Å². The molecule has 0 radical (unpaired) electrons. The van der Waals surface area contributed by atoms with Gasteiger partial charge in [0.15, 0.2) is 6.61 Å². The van der Waals surface area contributed by atoms with Crippen LogP contribution in [0.25, 0.3) is 11.0 Å². The van der Waals surface area contributed by atoms with E-state index in [0.29, 0.717) is 11.3 Å². The molecule has 0 aliphatic carbocycles. The molecule has 2 aromatic carbocycles. The highest BCUT2D eigenvalue weighted by Gasteiger charge is 2.24. The molecule has 2 heterocycles. The maximum absolute atomic E-state index is 12.7. The third kappa shape index (κ3) is 6.31. The van der Waals surface area contributed by atoms with Crippen LogP contribution in [0, 0.1) is 0 Å². The van der Waals surface area contributed by atoms with Crippen molar-refractivity contribution in [2.45, 2.75) is 17.0 Å². The lowest BCUT2D eigenvalue weighted by molar-refractivity contribution is -0.123. The van der Waals surface area contributed by atoms with Crippen LogP contribution in [0.4, 0.5) is 4.79 Å². The Morgan fingerprint density at radius 2 is 1.91 bits per heavy atom. The van der Waals surface area contributed by atoms with E-state index < -0.39 is 24.5 Å². The highest BCUT2D eigenvalue weighted by atomic mass is 32.2. The summed E-state index contributed by atoms with van der Waals surface area (Å²) < 4.78 is 11.1. The molecule has 1 fully saturated rings. The molecule has 33 heavy (non-hydrogen) atoms. The first-order valence-electron chi connectivity index (χ1n) is 10.4. The van der Waals surface area contributed by atoms with Crippen molar-refractivity contribution in [3.8, 4) is 0 Å². The van der Waals surface area contributed by atoms with Crippen LogP contribution >= 0.6 is 23.5 Å². The standard InChI is InChI=1S/C23H23N3O5S2/c27-19(26-22(29)25-12-15-6-2-1-3-7-15)13-30-21(28)20-17(14-33-23-24-10-11-32-23)16-8-4-5-9-18(16)31-20/h1-9,23-24H,10-14H2,(H2,25,26,27,29). The number of hydrogen-bond acceptors (Lipinski definition) is 8. The number of esters is 1. The average molecular weight is 486 g/mol. The average Bonchev–Trinajstić information content (AvgIpc) is 3.48. The van der Waals surface area contributed by atoms with Gasteiger partial charge in [-0.1, -0.05) is 48.5 Å². The fourth-order valence-corrected chi connectivity index (χ4v) is 5.66. The van der Waals surface area contributed by atoms with Gasteiger partial charge in [0.25, 0.3) is 5.91 Å². The normalized spacial score (nSPS) is 15.3. The van der Waals surface area contributed by atoms with Crippen LogP contribution in [-0.4, -0.2) is 41.5 Å². The van der Waals surface area contributed by atoms with Gasteiger partial charge in [0, 0.05) is 35.5 Å². The number of benzene rings is 2. The molecule has 1 atom stereocenters. The first kappa shape index (κ1) is 23.2. The largest absolute Gasteiger partial charge is 0.450 e. The number of thioether (sulfide) groups is 2. The summed E-state index contributed by atoms with van der Waals surface area (Å²) in [5.74, 6) is 0.210. The van der Waals surface area contributed by atoms with E-state index in [1.165, 1.54) is 0 Å². The van der Waals surface area contributed by atoms with Crippen LogP contribution in [0.2, 0.25) is 0 Å². The maximum Gasteiger partial charge on any atom is 0.375 e. The molecule has 3 amide bonds. The van der Waals surface area contributed by atoms with E-state index in [4.69, 9.17) is 9.15 Å². The van der Waals surface area contributed by atoms with Gasteiger partial charge in [-0.3, -0.25) is 15.4 Å². The topological polar surface area (TPSA) is 110 Å². The van der Waals surface area contributed by atoms with Gasteiger partial charge in [-0.05, 0) is 11.6 Å². The second kappa shape index (κ2) is 11.3. The summed E-state index contributed by atoms with van der Waals surface area (Å²) in [6, 6.07) is 16.0. The van der Waals surface area contributed by atoms with Gasteiger partial charge in [-0.2, -0.15) is 0 Å². The zero-order valence-electron chi connectivity index (χ0n) is 17.7. The van der Waals surface area contributed by atoms with Crippen molar-refractivity contribution in [1.82, 2.24) is 16.0 Å². The summed E-state index contributed by atoms with van der Waals surface area (Å²) in [6.07, 6.45) is 0. The molecule has 0 saturated carbocycles. The number of fused-ring (bicyclic) bond motifs is 1. The predicted molar refractivity (Wildman–Crippen MR) is 129 cm³/mol. The van der Waals surface area contributed by atoms with Crippen molar-refractivity contribution in [3.63, 3.8) is 0 Å². The lowest BCUT2D eigenvalue weighted by atomic mass is 10.1. The predicted octanol–water partition coefficient (Wildman–Crippen LogP) is 3.47. The summed E-state index contributed by atoms with van der Waals surface area (Å²) in [6.45, 7) is 0.631. The number of hydrogen-bond donors (Lipinski definition) is 3. The van der Waals surface area contributed by atoms with E-state index in [1.807, 2.05) is 60.3 Å². The lowest BCUT2D eigenvalue weighted by Gasteiger charge is -2.09. The summed E-state index contributed by atoms with van der Waals surface area (Å²) in [5.41, 5.74) is 2.21. The van der Waals surface area contributed by atoms with Crippen LogP contribution in [0.3, 0.4) is 0 Å². The van der Waals surface area contributed by atoms with Crippen LogP contribution in [0.1, 0.15) is 21.7 Å². The number of furan rings is 1. The van der Waals surface area contributed by atoms with E-state index >= 15 is 0 Å². The molecule has 1 aliphatic rings. The molecule has 10 heteroatoms. The minimum Gasteiger partial charge on any atom is -0.450 e. The number of imide groups is 1. The first-order valence-corrected chi connectivity index (χ1v) is 12.5. The molecule has 1 aromatic heterocycles. The number of amides is 3. The van der Waals surface area contributed by atoms with Crippen molar-refractivity contribution < 1.29 is 23.5 Å². The molecule has 8 nitrogen and oxygen atoms in total. The number of rotatable bonds is 8. The SMILES string of the molecule is O=C(COC(=O)c1oc2ccccc2c1CSC1NCCS1)NC(=O)NCc1ccccc1. The van der Waals surface area contributed by atoms with Gasteiger partial charge in [0.1, 0.15) is 10.3 Å². The van der Waals surface area contributed by atoms with E-state index in [2.05, 4.69) is 16.0 Å². The van der Waals surface area contributed by atoms with Crippen molar-refractivity contribution in [2.75, 3.05) is 18.9 Å². The summed E-state index contributed by atoms with van der Waals surface area (Å²) in [5, 5.41) is 8.95. The third-order valence-electron chi connectivity index (χ3n) is 4.83. The Balaban J connectivity index is 1.32. The fraction of sp³-hybridized carbons (Fsp3) is 0.261. The van der Waals surface area contributed by atoms with Crippen molar-refractivity contribution in [1.29, 1.82) is 0 Å². The molecule has 1 unspecified atom stereocenters. The van der Waals surface area contributed by atoms with Gasteiger partial charge in [-0.25, -0.2) is 9.59 Å². The molecule has 3 N–H and O–H groups in total. The molecule has 1 aliphatic heterocycles. The number of para-hydroxylation sites is 1. The van der Waals surface area contributed by atoms with E-state index in [0.717, 1.165) is 28.8 Å². The highest BCUT2D eigenvalue weighted by molar-refractivity contribution is 8.16. The van der Waals surface area contributed by atoms with Crippen LogP contribution in [0.5, 0.6) is 0 Å². The van der Waals surface area contributed by atoms with Gasteiger partial charge in [0.05, 0.1) is 0 Å². The van der Waals surface area contributed by atoms with E-state index in [1.54, 1.807) is 17.8 Å². The first-order chi connectivity index (χ1) is 16.1. The fourth-order valence-electron chi connectivity index (χ4n) is 3.26. The summed E-state index contributed by atoms with van der Waals surface area (Å²) in [7, 11) is 0.